The molecular formula is C28H23Cl2F3N4O2. The number of aromatic nitrogens is 2. The molecular weight excluding hydrogens is 552 g/mol. The average molecular weight is 575 g/mol. The van der Waals surface area contributed by atoms with Gasteiger partial charge in [0, 0.05) is 61.4 Å². The molecule has 2 aliphatic heterocycles. The van der Waals surface area contributed by atoms with E-state index in [2.05, 4.69) is 9.97 Å². The molecule has 2 aliphatic rings. The molecule has 4 rings (SSSR count). The molecule has 0 amide bonds. The first-order valence-electron chi connectivity index (χ1n) is 11.5. The van der Waals surface area contributed by atoms with Crippen molar-refractivity contribution in [2.75, 3.05) is 0 Å². The molecule has 0 radical (unpaired) electrons. The third kappa shape index (κ3) is 9.70. The summed E-state index contributed by atoms with van der Waals surface area (Å²) in [7, 11) is 0. The number of rotatable bonds is 6. The maximum Gasteiger partial charge on any atom is 0.454 e. The van der Waals surface area contributed by atoms with Crippen molar-refractivity contribution < 1.29 is 22.8 Å². The molecule has 11 heteroatoms. The number of carbonyl (C=O) groups excluding carboxylic acids is 2. The molecule has 6 nitrogen and oxygen atoms in total. The Bertz CT molecular complexity index is 1360. The van der Waals surface area contributed by atoms with Crippen LogP contribution in [0.4, 0.5) is 13.2 Å². The van der Waals surface area contributed by atoms with Gasteiger partial charge in [0.05, 0.1) is 0 Å². The van der Waals surface area contributed by atoms with E-state index in [9.17, 15) is 22.8 Å². The first-order chi connectivity index (χ1) is 18.5. The highest BCUT2D eigenvalue weighted by atomic mass is 35.5. The van der Waals surface area contributed by atoms with Crippen molar-refractivity contribution in [3.8, 4) is 0 Å². The minimum absolute atomic E-state index is 0.0316. The Hall–Kier alpha value is -3.95. The largest absolute Gasteiger partial charge is 0.454 e. The molecule has 2 aromatic rings. The van der Waals surface area contributed by atoms with E-state index in [0.29, 0.717) is 22.9 Å². The number of carbonyl (C=O) groups is 2. The quantitative estimate of drug-likeness (QED) is 0.281. The number of hydrogen-bond donors (Lipinski definition) is 0. The van der Waals surface area contributed by atoms with Crippen molar-refractivity contribution in [3.63, 3.8) is 0 Å². The number of hydrogen-bond acceptors (Lipinski definition) is 6. The van der Waals surface area contributed by atoms with Gasteiger partial charge in [0.15, 0.2) is 5.78 Å². The van der Waals surface area contributed by atoms with Gasteiger partial charge in [-0.05, 0) is 54.5 Å². The van der Waals surface area contributed by atoms with Crippen molar-refractivity contribution in [1.29, 1.82) is 0 Å². The second kappa shape index (κ2) is 13.7. The zero-order valence-corrected chi connectivity index (χ0v) is 22.2. The van der Waals surface area contributed by atoms with Crippen molar-refractivity contribution in [2.24, 2.45) is 0 Å². The summed E-state index contributed by atoms with van der Waals surface area (Å²) in [5, 5.41) is 0.809. The van der Waals surface area contributed by atoms with Gasteiger partial charge in [0.25, 0.3) is 5.78 Å². The molecule has 0 unspecified atom stereocenters. The Morgan fingerprint density at radius 3 is 1.64 bits per heavy atom. The van der Waals surface area contributed by atoms with Crippen LogP contribution < -0.4 is 0 Å². The lowest BCUT2D eigenvalue weighted by Crippen LogP contribution is -2.24. The van der Waals surface area contributed by atoms with Crippen molar-refractivity contribution in [2.45, 2.75) is 26.2 Å². The van der Waals surface area contributed by atoms with E-state index in [4.69, 9.17) is 23.2 Å². The molecule has 0 fully saturated rings. The van der Waals surface area contributed by atoms with Crippen LogP contribution in [0.25, 0.3) is 0 Å². The van der Waals surface area contributed by atoms with Crippen molar-refractivity contribution in [3.05, 3.63) is 130 Å². The summed E-state index contributed by atoms with van der Waals surface area (Å²) in [4.78, 5) is 33.7. The van der Waals surface area contributed by atoms with Crippen LogP contribution in [0.5, 0.6) is 0 Å². The van der Waals surface area contributed by atoms with Crippen LogP contribution in [0.3, 0.4) is 0 Å². The molecule has 2 aromatic heterocycles. The Morgan fingerprint density at radius 1 is 0.795 bits per heavy atom. The van der Waals surface area contributed by atoms with E-state index in [-0.39, 0.29) is 18.0 Å². The molecule has 0 aromatic carbocycles. The standard InChI is InChI=1S/C14H10ClF3N2O.C14H13ClN2O/c15-13-5-4-10(8-19-13)9-20-6-2-1-3-11(20)7-12(21)14(16,17)18;1-11(18)8-13-4-2-3-7-17(13)10-12-5-6-14(15)16-9-12/h1-8H,9H2;2-9H,10H2,1H3/b11-7+;13-8-. The van der Waals surface area contributed by atoms with Crippen LogP contribution in [0.2, 0.25) is 10.3 Å². The van der Waals surface area contributed by atoms with E-state index < -0.39 is 12.0 Å². The number of halogens is 5. The van der Waals surface area contributed by atoms with E-state index >= 15 is 0 Å². The lowest BCUT2D eigenvalue weighted by Gasteiger charge is -2.23. The van der Waals surface area contributed by atoms with Crippen molar-refractivity contribution in [1.82, 2.24) is 19.8 Å². The third-order valence-corrected chi connectivity index (χ3v) is 5.59. The van der Waals surface area contributed by atoms with Crippen LogP contribution in [-0.4, -0.2) is 37.5 Å². The van der Waals surface area contributed by atoms with Crippen LogP contribution in [0.15, 0.2) is 109 Å². The molecule has 0 spiro atoms. The van der Waals surface area contributed by atoms with Gasteiger partial charge in [-0.3, -0.25) is 9.59 Å². The van der Waals surface area contributed by atoms with Gasteiger partial charge in [-0.2, -0.15) is 13.2 Å². The second-order valence-electron chi connectivity index (χ2n) is 8.25. The van der Waals surface area contributed by atoms with Gasteiger partial charge in [0.2, 0.25) is 0 Å². The number of pyridine rings is 2. The van der Waals surface area contributed by atoms with Gasteiger partial charge in [-0.15, -0.1) is 0 Å². The van der Waals surface area contributed by atoms with E-state index in [1.807, 2.05) is 35.4 Å². The lowest BCUT2D eigenvalue weighted by molar-refractivity contribution is -0.165. The Kier molecular flexibility index (Phi) is 10.4. The fourth-order valence-electron chi connectivity index (χ4n) is 3.35. The second-order valence-corrected chi connectivity index (χ2v) is 9.02. The molecule has 0 saturated carbocycles. The Labute approximate surface area is 233 Å². The predicted octanol–water partition coefficient (Wildman–Crippen LogP) is 6.73. The zero-order valence-electron chi connectivity index (χ0n) is 20.6. The predicted molar refractivity (Wildman–Crippen MR) is 144 cm³/mol. The Balaban J connectivity index is 0.000000218. The number of allylic oxidation sites excluding steroid dienone is 8. The smallest absolute Gasteiger partial charge is 0.343 e. The lowest BCUT2D eigenvalue weighted by atomic mass is 10.2. The van der Waals surface area contributed by atoms with E-state index in [1.165, 1.54) is 17.2 Å². The first-order valence-corrected chi connectivity index (χ1v) is 12.3. The van der Waals surface area contributed by atoms with Crippen molar-refractivity contribution >= 4 is 34.8 Å². The van der Waals surface area contributed by atoms with Crippen LogP contribution in [0, 0.1) is 0 Å². The summed E-state index contributed by atoms with van der Waals surface area (Å²) in [6, 6.07) is 6.98. The normalized spacial score (nSPS) is 16.5. The minimum Gasteiger partial charge on any atom is -0.343 e. The topological polar surface area (TPSA) is 66.4 Å². The summed E-state index contributed by atoms with van der Waals surface area (Å²) < 4.78 is 37.0. The molecule has 202 valence electrons. The Morgan fingerprint density at radius 2 is 1.26 bits per heavy atom. The summed E-state index contributed by atoms with van der Waals surface area (Å²) in [6.07, 6.45) is 14.5. The van der Waals surface area contributed by atoms with E-state index in [1.54, 1.807) is 55.7 Å². The minimum atomic E-state index is -4.88. The maximum atomic E-state index is 12.3. The zero-order chi connectivity index (χ0) is 28.4. The SMILES string of the molecule is CC(=O)/C=C1/C=CC=CN1Cc1ccc(Cl)nc1.O=C(/C=C1\C=CC=CN1Cc1ccc(Cl)nc1)C(F)(F)F. The summed E-state index contributed by atoms with van der Waals surface area (Å²) >= 11 is 11.4. The van der Waals surface area contributed by atoms with E-state index in [0.717, 1.165) is 16.8 Å². The highest BCUT2D eigenvalue weighted by molar-refractivity contribution is 6.29. The monoisotopic (exact) mass is 574 g/mol. The number of alkyl halides is 3. The fraction of sp³-hybridized carbons (Fsp3) is 0.143. The van der Waals surface area contributed by atoms with Crippen LogP contribution in [-0.2, 0) is 22.7 Å². The summed E-state index contributed by atoms with van der Waals surface area (Å²) in [5.74, 6) is -1.86. The van der Waals surface area contributed by atoms with Crippen LogP contribution in [0.1, 0.15) is 18.1 Å². The number of ketones is 2. The van der Waals surface area contributed by atoms with Gasteiger partial charge in [-0.25, -0.2) is 9.97 Å². The molecule has 4 heterocycles. The molecule has 0 atom stereocenters. The van der Waals surface area contributed by atoms with Gasteiger partial charge in [-0.1, -0.05) is 47.5 Å². The highest BCUT2D eigenvalue weighted by Crippen LogP contribution is 2.22. The summed E-state index contributed by atoms with van der Waals surface area (Å²) in [6.45, 7) is 2.48. The van der Waals surface area contributed by atoms with Crippen LogP contribution >= 0.6 is 23.2 Å². The first kappa shape index (κ1) is 29.6. The molecule has 0 bridgehead atoms. The number of nitrogens with zero attached hydrogens (tertiary/aromatic N) is 4. The average Bonchev–Trinajstić information content (AvgIpc) is 2.88. The summed E-state index contributed by atoms with van der Waals surface area (Å²) in [5.41, 5.74) is 2.83. The molecule has 39 heavy (non-hydrogen) atoms. The third-order valence-electron chi connectivity index (χ3n) is 5.14. The molecule has 0 N–H and O–H groups in total. The van der Waals surface area contributed by atoms with Gasteiger partial charge < -0.3 is 9.80 Å². The van der Waals surface area contributed by atoms with Gasteiger partial charge >= 0.3 is 6.18 Å². The van der Waals surface area contributed by atoms with Gasteiger partial charge in [0.1, 0.15) is 10.3 Å². The molecule has 0 saturated heterocycles. The highest BCUT2D eigenvalue weighted by Gasteiger charge is 2.37. The molecule has 0 aliphatic carbocycles. The maximum absolute atomic E-state index is 12.3. The fourth-order valence-corrected chi connectivity index (χ4v) is 3.57.